The monoisotopic (exact) mass is 187 g/mol. The molecule has 74 valence electrons. The molecule has 1 nitrogen and oxygen atoms in total. The third-order valence-corrected chi connectivity index (χ3v) is 4.27. The second-order valence-electron chi connectivity index (χ2n) is 4.02. The normalized spacial score (nSPS) is 12.2. The molecule has 0 aliphatic heterocycles. The SMILES string of the molecule is CCCCC([SiH3])(CCCC)NC. The Morgan fingerprint density at radius 1 is 1.08 bits per heavy atom. The van der Waals surface area contributed by atoms with Crippen LogP contribution in [0.5, 0.6) is 0 Å². The quantitative estimate of drug-likeness (QED) is 0.598. The molecule has 0 aliphatic rings. The van der Waals surface area contributed by atoms with Crippen molar-refractivity contribution in [2.45, 2.75) is 57.5 Å². The molecule has 0 fully saturated rings. The predicted octanol–water partition coefficient (Wildman–Crippen LogP) is 1.65. The Hall–Kier alpha value is 0.177. The van der Waals surface area contributed by atoms with E-state index in [4.69, 9.17) is 0 Å². The molecule has 0 unspecified atom stereocenters. The van der Waals surface area contributed by atoms with Gasteiger partial charge in [0.15, 0.2) is 0 Å². The summed E-state index contributed by atoms with van der Waals surface area (Å²) in [6.07, 6.45) is 8.19. The third kappa shape index (κ3) is 4.94. The average molecular weight is 187 g/mol. The van der Waals surface area contributed by atoms with Crippen LogP contribution < -0.4 is 5.32 Å². The van der Waals surface area contributed by atoms with E-state index in [0.29, 0.717) is 5.16 Å². The van der Waals surface area contributed by atoms with E-state index in [2.05, 4.69) is 26.2 Å². The average Bonchev–Trinajstić information content (AvgIpc) is 2.11. The molecule has 1 N–H and O–H groups in total. The molecule has 0 radical (unpaired) electrons. The van der Waals surface area contributed by atoms with Crippen LogP contribution in [0.2, 0.25) is 0 Å². The summed E-state index contributed by atoms with van der Waals surface area (Å²) in [5.74, 6) is 0. The van der Waals surface area contributed by atoms with Gasteiger partial charge in [-0.2, -0.15) is 0 Å². The lowest BCUT2D eigenvalue weighted by Gasteiger charge is -2.29. The summed E-state index contributed by atoms with van der Waals surface area (Å²) >= 11 is 0. The number of rotatable bonds is 7. The minimum Gasteiger partial charge on any atom is -0.318 e. The summed E-state index contributed by atoms with van der Waals surface area (Å²) < 4.78 is 0. The molecule has 0 aliphatic carbocycles. The highest BCUT2D eigenvalue weighted by Crippen LogP contribution is 2.17. The lowest BCUT2D eigenvalue weighted by molar-refractivity contribution is 0.403. The fraction of sp³-hybridized carbons (Fsp3) is 1.00. The first-order chi connectivity index (χ1) is 5.68. The first-order valence-electron chi connectivity index (χ1n) is 5.37. The summed E-state index contributed by atoms with van der Waals surface area (Å²) in [4.78, 5) is 0. The molecule has 12 heavy (non-hydrogen) atoms. The summed E-state index contributed by atoms with van der Waals surface area (Å²) in [5.41, 5.74) is 0. The van der Waals surface area contributed by atoms with Crippen LogP contribution in [0.3, 0.4) is 0 Å². The Kier molecular flexibility index (Phi) is 6.77. The van der Waals surface area contributed by atoms with Crippen LogP contribution in [0.4, 0.5) is 0 Å². The second kappa shape index (κ2) is 6.67. The minimum atomic E-state index is 0.534. The molecule has 0 aromatic rings. The van der Waals surface area contributed by atoms with E-state index in [1.807, 2.05) is 0 Å². The van der Waals surface area contributed by atoms with Gasteiger partial charge in [0, 0.05) is 15.4 Å². The smallest absolute Gasteiger partial charge is 0.0280 e. The lowest BCUT2D eigenvalue weighted by atomic mass is 10.0. The minimum absolute atomic E-state index is 0.534. The van der Waals surface area contributed by atoms with Crippen molar-refractivity contribution >= 4 is 10.2 Å². The standard InChI is InChI=1S/C10H25NSi/c1-4-6-8-10(12,11-3)9-7-5-2/h11H,4-9H2,1-3,12H3. The van der Waals surface area contributed by atoms with Crippen molar-refractivity contribution in [2.24, 2.45) is 0 Å². The van der Waals surface area contributed by atoms with Crippen LogP contribution in [0.15, 0.2) is 0 Å². The Labute approximate surface area is 80.7 Å². The van der Waals surface area contributed by atoms with E-state index in [9.17, 15) is 0 Å². The molecule has 0 aromatic heterocycles. The maximum absolute atomic E-state index is 3.51. The van der Waals surface area contributed by atoms with Gasteiger partial charge in [-0.15, -0.1) is 0 Å². The van der Waals surface area contributed by atoms with E-state index in [1.165, 1.54) is 48.8 Å². The highest BCUT2D eigenvalue weighted by atomic mass is 28.1. The number of hydrogen-bond donors (Lipinski definition) is 1. The molecule has 2 heteroatoms. The summed E-state index contributed by atoms with van der Waals surface area (Å²) in [7, 11) is 3.41. The molecule has 0 amide bonds. The van der Waals surface area contributed by atoms with E-state index >= 15 is 0 Å². The maximum Gasteiger partial charge on any atom is 0.0280 e. The number of nitrogens with one attached hydrogen (secondary N) is 1. The zero-order valence-electron chi connectivity index (χ0n) is 9.24. The second-order valence-corrected chi connectivity index (χ2v) is 5.93. The molecule has 0 saturated carbocycles. The van der Waals surface area contributed by atoms with E-state index in [-0.39, 0.29) is 0 Å². The molecule has 0 saturated heterocycles. The summed E-state index contributed by atoms with van der Waals surface area (Å²) in [6, 6.07) is 0. The van der Waals surface area contributed by atoms with Crippen molar-refractivity contribution < 1.29 is 0 Å². The van der Waals surface area contributed by atoms with Crippen molar-refractivity contribution in [3.05, 3.63) is 0 Å². The van der Waals surface area contributed by atoms with Crippen molar-refractivity contribution in [3.8, 4) is 0 Å². The van der Waals surface area contributed by atoms with E-state index in [1.54, 1.807) is 0 Å². The molecule has 0 rings (SSSR count). The van der Waals surface area contributed by atoms with Crippen LogP contribution in [0, 0.1) is 0 Å². The fourth-order valence-electron chi connectivity index (χ4n) is 1.51. The topological polar surface area (TPSA) is 12.0 Å². The maximum atomic E-state index is 3.51. The lowest BCUT2D eigenvalue weighted by Crippen LogP contribution is -2.43. The molecule has 0 bridgehead atoms. The van der Waals surface area contributed by atoms with Gasteiger partial charge < -0.3 is 5.32 Å². The Morgan fingerprint density at radius 3 is 1.75 bits per heavy atom. The highest BCUT2D eigenvalue weighted by molar-refractivity contribution is 6.15. The Balaban J connectivity index is 3.70. The Bertz CT molecular complexity index is 96.0. The summed E-state index contributed by atoms with van der Waals surface area (Å²) in [6.45, 7) is 4.55. The van der Waals surface area contributed by atoms with Gasteiger partial charge in [0.2, 0.25) is 0 Å². The van der Waals surface area contributed by atoms with Crippen LogP contribution >= 0.6 is 0 Å². The van der Waals surface area contributed by atoms with Crippen molar-refractivity contribution in [2.75, 3.05) is 7.05 Å². The van der Waals surface area contributed by atoms with Crippen LogP contribution in [-0.4, -0.2) is 22.5 Å². The van der Waals surface area contributed by atoms with Gasteiger partial charge in [-0.25, -0.2) is 0 Å². The number of unbranched alkanes of at least 4 members (excludes halogenated alkanes) is 2. The van der Waals surface area contributed by atoms with Gasteiger partial charge in [0.1, 0.15) is 0 Å². The van der Waals surface area contributed by atoms with Crippen molar-refractivity contribution in [1.29, 1.82) is 0 Å². The fourth-order valence-corrected chi connectivity index (χ4v) is 2.22. The molecular formula is C10H25NSi. The van der Waals surface area contributed by atoms with Gasteiger partial charge in [-0.1, -0.05) is 39.5 Å². The molecule has 0 atom stereocenters. The predicted molar refractivity (Wildman–Crippen MR) is 60.8 cm³/mol. The third-order valence-electron chi connectivity index (χ3n) is 2.77. The number of hydrogen-bond acceptors (Lipinski definition) is 1. The van der Waals surface area contributed by atoms with E-state index in [0.717, 1.165) is 0 Å². The highest BCUT2D eigenvalue weighted by Gasteiger charge is 2.19. The van der Waals surface area contributed by atoms with Gasteiger partial charge in [0.25, 0.3) is 0 Å². The van der Waals surface area contributed by atoms with Gasteiger partial charge in [0.05, 0.1) is 0 Å². The van der Waals surface area contributed by atoms with Crippen LogP contribution in [-0.2, 0) is 0 Å². The molecule has 0 spiro atoms. The molecule has 0 heterocycles. The largest absolute Gasteiger partial charge is 0.318 e. The van der Waals surface area contributed by atoms with E-state index < -0.39 is 0 Å². The first-order valence-corrected chi connectivity index (χ1v) is 6.37. The Morgan fingerprint density at radius 2 is 1.50 bits per heavy atom. The zero-order chi connectivity index (χ0) is 9.45. The van der Waals surface area contributed by atoms with Crippen molar-refractivity contribution in [1.82, 2.24) is 5.32 Å². The van der Waals surface area contributed by atoms with Gasteiger partial charge >= 0.3 is 0 Å². The van der Waals surface area contributed by atoms with Gasteiger partial charge in [-0.3, -0.25) is 0 Å². The first kappa shape index (κ1) is 12.2. The molecular weight excluding hydrogens is 162 g/mol. The van der Waals surface area contributed by atoms with Crippen molar-refractivity contribution in [3.63, 3.8) is 0 Å². The van der Waals surface area contributed by atoms with Crippen LogP contribution in [0.1, 0.15) is 52.4 Å². The van der Waals surface area contributed by atoms with Crippen LogP contribution in [0.25, 0.3) is 0 Å². The zero-order valence-corrected chi connectivity index (χ0v) is 11.2. The van der Waals surface area contributed by atoms with Gasteiger partial charge in [-0.05, 0) is 19.9 Å². The summed E-state index contributed by atoms with van der Waals surface area (Å²) in [5, 5.41) is 4.04. The molecule has 0 aromatic carbocycles.